The van der Waals surface area contributed by atoms with E-state index in [1.54, 1.807) is 24.3 Å². The lowest BCUT2D eigenvalue weighted by Crippen LogP contribution is -2.26. The van der Waals surface area contributed by atoms with Gasteiger partial charge in [0.05, 0.1) is 17.2 Å². The number of aromatic nitrogens is 2. The van der Waals surface area contributed by atoms with E-state index in [9.17, 15) is 9.59 Å². The molecule has 30 heavy (non-hydrogen) atoms. The molecule has 3 aromatic rings. The van der Waals surface area contributed by atoms with Crippen LogP contribution in [-0.2, 0) is 4.79 Å². The van der Waals surface area contributed by atoms with E-state index in [0.717, 1.165) is 5.56 Å². The molecule has 2 aromatic carbocycles. The first-order valence-electron chi connectivity index (χ1n) is 9.46. The number of anilines is 1. The van der Waals surface area contributed by atoms with Gasteiger partial charge in [0.1, 0.15) is 5.75 Å². The van der Waals surface area contributed by atoms with Gasteiger partial charge in [-0.3, -0.25) is 9.59 Å². The quantitative estimate of drug-likeness (QED) is 0.477. The van der Waals surface area contributed by atoms with Gasteiger partial charge in [-0.05, 0) is 31.5 Å². The summed E-state index contributed by atoms with van der Waals surface area (Å²) in [6, 6.07) is 14.4. The van der Waals surface area contributed by atoms with Crippen molar-refractivity contribution in [2.75, 3.05) is 18.5 Å². The van der Waals surface area contributed by atoms with Crippen LogP contribution in [0.15, 0.2) is 48.5 Å². The van der Waals surface area contributed by atoms with Gasteiger partial charge in [0.15, 0.2) is 5.01 Å². The van der Waals surface area contributed by atoms with E-state index < -0.39 is 0 Å². The highest BCUT2D eigenvalue weighted by Crippen LogP contribution is 2.31. The molecule has 1 aromatic heterocycles. The van der Waals surface area contributed by atoms with Crippen LogP contribution in [0.3, 0.4) is 0 Å². The summed E-state index contributed by atoms with van der Waals surface area (Å²) in [5.41, 5.74) is 1.25. The molecule has 0 unspecified atom stereocenters. The molecule has 0 radical (unpaired) electrons. The van der Waals surface area contributed by atoms with Gasteiger partial charge in [-0.15, -0.1) is 10.2 Å². The lowest BCUT2D eigenvalue weighted by molar-refractivity contribution is -0.116. The number of amides is 2. The number of rotatable bonds is 9. The van der Waals surface area contributed by atoms with Crippen LogP contribution >= 0.6 is 22.9 Å². The average molecular weight is 445 g/mol. The largest absolute Gasteiger partial charge is 0.493 e. The molecule has 2 N–H and O–H groups in total. The van der Waals surface area contributed by atoms with Gasteiger partial charge in [-0.2, -0.15) is 0 Å². The van der Waals surface area contributed by atoms with E-state index in [1.165, 1.54) is 11.3 Å². The van der Waals surface area contributed by atoms with Crippen LogP contribution in [0.25, 0.3) is 10.6 Å². The molecule has 0 saturated carbocycles. The van der Waals surface area contributed by atoms with E-state index in [4.69, 9.17) is 16.3 Å². The van der Waals surface area contributed by atoms with Gasteiger partial charge in [0.25, 0.3) is 5.91 Å². The maximum absolute atomic E-state index is 12.3. The topological polar surface area (TPSA) is 93.2 Å². The lowest BCUT2D eigenvalue weighted by Gasteiger charge is -2.10. The standard InChI is InChI=1S/C21H21ClN4O3S/c1-2-29-17-11-6-4-9-15(17)19(28)23-13-7-12-18(27)24-21-26-25-20(30-21)14-8-3-5-10-16(14)22/h3-6,8-11H,2,7,12-13H2,1H3,(H,23,28)(H,24,26,27). The third-order valence-corrected chi connectivity index (χ3v) is 5.27. The fraction of sp³-hybridized carbons (Fsp3) is 0.238. The molecule has 0 fully saturated rings. The second kappa shape index (κ2) is 10.7. The van der Waals surface area contributed by atoms with Crippen molar-refractivity contribution in [3.05, 3.63) is 59.1 Å². The molecule has 1 heterocycles. The third-order valence-electron chi connectivity index (χ3n) is 4.07. The molecule has 0 aliphatic carbocycles. The summed E-state index contributed by atoms with van der Waals surface area (Å²) >= 11 is 7.42. The zero-order chi connectivity index (χ0) is 21.3. The maximum atomic E-state index is 12.3. The highest BCUT2D eigenvalue weighted by atomic mass is 35.5. The molecule has 0 aliphatic rings. The Morgan fingerprint density at radius 2 is 1.87 bits per heavy atom. The zero-order valence-electron chi connectivity index (χ0n) is 16.4. The number of nitrogens with one attached hydrogen (secondary N) is 2. The third kappa shape index (κ3) is 5.77. The number of halogens is 1. The summed E-state index contributed by atoms with van der Waals surface area (Å²) in [6.07, 6.45) is 0.735. The van der Waals surface area contributed by atoms with E-state index in [-0.39, 0.29) is 18.2 Å². The Morgan fingerprint density at radius 3 is 2.67 bits per heavy atom. The van der Waals surface area contributed by atoms with Gasteiger partial charge in [0.2, 0.25) is 11.0 Å². The molecule has 0 atom stereocenters. The van der Waals surface area contributed by atoms with Crippen LogP contribution in [0, 0.1) is 0 Å². The predicted octanol–water partition coefficient (Wildman–Crippen LogP) is 4.41. The van der Waals surface area contributed by atoms with Crippen LogP contribution in [0.5, 0.6) is 5.75 Å². The fourth-order valence-corrected chi connectivity index (χ4v) is 3.76. The molecular formula is C21H21ClN4O3S. The number of benzene rings is 2. The van der Waals surface area contributed by atoms with Crippen molar-refractivity contribution in [2.24, 2.45) is 0 Å². The molecule has 156 valence electrons. The Labute approximate surface area is 183 Å². The monoisotopic (exact) mass is 444 g/mol. The average Bonchev–Trinajstić information content (AvgIpc) is 3.20. The Hall–Kier alpha value is -2.97. The number of hydrogen-bond donors (Lipinski definition) is 2. The van der Waals surface area contributed by atoms with Gasteiger partial charge >= 0.3 is 0 Å². The highest BCUT2D eigenvalue weighted by Gasteiger charge is 2.13. The van der Waals surface area contributed by atoms with E-state index in [1.807, 2.05) is 31.2 Å². The highest BCUT2D eigenvalue weighted by molar-refractivity contribution is 7.18. The van der Waals surface area contributed by atoms with Crippen molar-refractivity contribution in [3.8, 4) is 16.3 Å². The number of hydrogen-bond acceptors (Lipinski definition) is 6. The molecule has 3 rings (SSSR count). The van der Waals surface area contributed by atoms with Gasteiger partial charge < -0.3 is 15.4 Å². The van der Waals surface area contributed by atoms with Gasteiger partial charge in [0, 0.05) is 18.5 Å². The minimum Gasteiger partial charge on any atom is -0.493 e. The Morgan fingerprint density at radius 1 is 1.10 bits per heavy atom. The second-order valence-electron chi connectivity index (χ2n) is 6.23. The van der Waals surface area contributed by atoms with Crippen LogP contribution in [-0.4, -0.2) is 35.2 Å². The Balaban J connectivity index is 1.45. The number of ether oxygens (including phenoxy) is 1. The van der Waals surface area contributed by atoms with E-state index in [2.05, 4.69) is 20.8 Å². The van der Waals surface area contributed by atoms with Crippen molar-refractivity contribution >= 4 is 39.9 Å². The van der Waals surface area contributed by atoms with Crippen molar-refractivity contribution in [2.45, 2.75) is 19.8 Å². The van der Waals surface area contributed by atoms with Crippen molar-refractivity contribution in [3.63, 3.8) is 0 Å². The Kier molecular flexibility index (Phi) is 7.75. The maximum Gasteiger partial charge on any atom is 0.255 e. The van der Waals surface area contributed by atoms with Crippen molar-refractivity contribution in [1.29, 1.82) is 0 Å². The molecule has 0 saturated heterocycles. The summed E-state index contributed by atoms with van der Waals surface area (Å²) in [7, 11) is 0. The summed E-state index contributed by atoms with van der Waals surface area (Å²) in [6.45, 7) is 2.71. The number of para-hydroxylation sites is 1. The first kappa shape index (κ1) is 21.7. The first-order valence-corrected chi connectivity index (χ1v) is 10.7. The van der Waals surface area contributed by atoms with Crippen LogP contribution < -0.4 is 15.4 Å². The number of nitrogens with zero attached hydrogens (tertiary/aromatic N) is 2. The second-order valence-corrected chi connectivity index (χ2v) is 7.61. The molecule has 9 heteroatoms. The van der Waals surface area contributed by atoms with Crippen LogP contribution in [0.1, 0.15) is 30.1 Å². The minimum atomic E-state index is -0.229. The molecule has 2 amide bonds. The van der Waals surface area contributed by atoms with Crippen LogP contribution in [0.2, 0.25) is 5.02 Å². The lowest BCUT2D eigenvalue weighted by atomic mass is 10.2. The summed E-state index contributed by atoms with van der Waals surface area (Å²) in [4.78, 5) is 24.5. The van der Waals surface area contributed by atoms with Crippen molar-refractivity contribution in [1.82, 2.24) is 15.5 Å². The number of carbonyl (C=O) groups excluding carboxylic acids is 2. The number of carbonyl (C=O) groups is 2. The van der Waals surface area contributed by atoms with E-state index in [0.29, 0.717) is 46.0 Å². The van der Waals surface area contributed by atoms with Crippen LogP contribution in [0.4, 0.5) is 5.13 Å². The van der Waals surface area contributed by atoms with Gasteiger partial charge in [-0.1, -0.05) is 53.3 Å². The summed E-state index contributed by atoms with van der Waals surface area (Å²) in [5, 5.41) is 15.2. The first-order chi connectivity index (χ1) is 14.6. The molecule has 0 bridgehead atoms. The zero-order valence-corrected chi connectivity index (χ0v) is 17.9. The molecule has 7 nitrogen and oxygen atoms in total. The fourth-order valence-electron chi connectivity index (χ4n) is 2.68. The summed E-state index contributed by atoms with van der Waals surface area (Å²) in [5.74, 6) is 0.120. The molecular weight excluding hydrogens is 424 g/mol. The van der Waals surface area contributed by atoms with E-state index >= 15 is 0 Å². The smallest absolute Gasteiger partial charge is 0.255 e. The summed E-state index contributed by atoms with van der Waals surface area (Å²) < 4.78 is 5.47. The molecule has 0 aliphatic heterocycles. The van der Waals surface area contributed by atoms with Crippen molar-refractivity contribution < 1.29 is 14.3 Å². The molecule has 0 spiro atoms. The normalized spacial score (nSPS) is 10.5. The van der Waals surface area contributed by atoms with Gasteiger partial charge in [-0.25, -0.2) is 0 Å². The minimum absolute atomic E-state index is 0.194. The predicted molar refractivity (Wildman–Crippen MR) is 118 cm³/mol. The SMILES string of the molecule is CCOc1ccccc1C(=O)NCCCC(=O)Nc1nnc(-c2ccccc2Cl)s1. The Bertz CT molecular complexity index is 1020.